The van der Waals surface area contributed by atoms with Gasteiger partial charge in [0.1, 0.15) is 5.56 Å². The molecule has 0 N–H and O–H groups in total. The van der Waals surface area contributed by atoms with Gasteiger partial charge in [-0.1, -0.05) is 25.1 Å². The van der Waals surface area contributed by atoms with Crippen molar-refractivity contribution in [1.29, 1.82) is 0 Å². The number of unbranched alkanes of at least 4 members (excludes halogenated alkanes) is 2. The average Bonchev–Trinajstić information content (AvgIpc) is 3.93. The van der Waals surface area contributed by atoms with Gasteiger partial charge in [0.15, 0.2) is 40.6 Å². The number of thioether (sulfide) groups is 2. The Morgan fingerprint density at radius 1 is 0.842 bits per heavy atom. The highest BCUT2D eigenvalue weighted by molar-refractivity contribution is 8.17. The van der Waals surface area contributed by atoms with Crippen molar-refractivity contribution >= 4 is 40.8 Å². The highest BCUT2D eigenvalue weighted by atomic mass is 32.2. The maximum absolute atomic E-state index is 13.9. The molecule has 2 aliphatic rings. The number of likely N-dealkylation sites (tertiary alicyclic amines) is 1. The Morgan fingerprint density at radius 2 is 1.47 bits per heavy atom. The zero-order valence-electron chi connectivity index (χ0n) is 33.7. The normalized spacial score (nSPS) is 16.2. The molecule has 0 saturated carbocycles. The van der Waals surface area contributed by atoms with Gasteiger partial charge in [0.2, 0.25) is 5.75 Å². The Bertz CT molecular complexity index is 1850. The van der Waals surface area contributed by atoms with Crippen LogP contribution in [-0.2, 0) is 4.84 Å². The molecule has 5 rings (SSSR count). The zero-order valence-corrected chi connectivity index (χ0v) is 35.3. The van der Waals surface area contributed by atoms with Crippen LogP contribution in [0.25, 0.3) is 0 Å². The fourth-order valence-electron chi connectivity index (χ4n) is 6.95. The van der Waals surface area contributed by atoms with Crippen LogP contribution in [0.4, 0.5) is 5.69 Å². The molecule has 2 atom stereocenters. The van der Waals surface area contributed by atoms with Crippen molar-refractivity contribution in [2.24, 2.45) is 5.16 Å². The summed E-state index contributed by atoms with van der Waals surface area (Å²) in [5, 5.41) is 16.6. The molecule has 310 valence electrons. The molecule has 3 aromatic carbocycles. The Hall–Kier alpha value is -4.70. The number of ether oxygens (including phenoxy) is 7. The lowest BCUT2D eigenvalue weighted by atomic mass is 9.99. The fourth-order valence-corrected chi connectivity index (χ4v) is 9.82. The van der Waals surface area contributed by atoms with E-state index in [-0.39, 0.29) is 45.4 Å². The van der Waals surface area contributed by atoms with Gasteiger partial charge in [-0.15, -0.1) is 23.5 Å². The van der Waals surface area contributed by atoms with Gasteiger partial charge in [-0.3, -0.25) is 14.9 Å². The standard InChI is InChI=1S/C41H53N3O11S2/c1-8-56-41(57-9-2)30-14-13-17-43(30)40(45)28-23-34(49-4)36(25-31(28)44(46)47)54-19-12-10-11-18-53-35-20-26(15-16-32(35)48-3)33-24-29(42-55-33)27-21-37(50-5)39(52-7)38(22-27)51-6/h15-16,20-23,25,30,33,41H,8-14,17-19,24H2,1-7H3/t30-,33?/m0/s1. The second-order valence-corrected chi connectivity index (χ2v) is 16.3. The Kier molecular flexibility index (Phi) is 16.1. The quantitative estimate of drug-likeness (QED) is 0.0412. The van der Waals surface area contributed by atoms with Gasteiger partial charge in [-0.2, -0.15) is 0 Å². The molecular weight excluding hydrogens is 775 g/mol. The minimum atomic E-state index is -0.523. The monoisotopic (exact) mass is 827 g/mol. The zero-order chi connectivity index (χ0) is 40.9. The number of carbonyl (C=O) groups is 1. The predicted molar refractivity (Wildman–Crippen MR) is 223 cm³/mol. The van der Waals surface area contributed by atoms with Gasteiger partial charge in [-0.25, -0.2) is 0 Å². The maximum Gasteiger partial charge on any atom is 0.286 e. The molecule has 0 bridgehead atoms. The lowest BCUT2D eigenvalue weighted by Gasteiger charge is -2.31. The average molecular weight is 828 g/mol. The van der Waals surface area contributed by atoms with Gasteiger partial charge in [0, 0.05) is 24.6 Å². The van der Waals surface area contributed by atoms with E-state index in [9.17, 15) is 14.9 Å². The van der Waals surface area contributed by atoms with E-state index >= 15 is 0 Å². The van der Waals surface area contributed by atoms with Crippen LogP contribution in [0.2, 0.25) is 0 Å². The van der Waals surface area contributed by atoms with Crippen LogP contribution in [0.3, 0.4) is 0 Å². The van der Waals surface area contributed by atoms with E-state index in [2.05, 4.69) is 19.0 Å². The summed E-state index contributed by atoms with van der Waals surface area (Å²) in [7, 11) is 7.76. The number of hydrogen-bond acceptors (Lipinski definition) is 14. The predicted octanol–water partition coefficient (Wildman–Crippen LogP) is 8.57. The third-order valence-corrected chi connectivity index (χ3v) is 12.5. The van der Waals surface area contributed by atoms with E-state index < -0.39 is 4.92 Å². The minimum Gasteiger partial charge on any atom is -0.493 e. The molecule has 0 spiro atoms. The number of nitro groups is 1. The van der Waals surface area contributed by atoms with E-state index in [4.69, 9.17) is 38.0 Å². The van der Waals surface area contributed by atoms with Crippen molar-refractivity contribution in [2.45, 2.75) is 69.1 Å². The van der Waals surface area contributed by atoms with E-state index in [1.165, 1.54) is 19.2 Å². The Morgan fingerprint density at radius 3 is 2.05 bits per heavy atom. The molecule has 16 heteroatoms. The van der Waals surface area contributed by atoms with Crippen LogP contribution < -0.4 is 33.2 Å². The van der Waals surface area contributed by atoms with Gasteiger partial charge < -0.3 is 42.9 Å². The maximum atomic E-state index is 13.9. The first-order valence-electron chi connectivity index (χ1n) is 19.1. The lowest BCUT2D eigenvalue weighted by molar-refractivity contribution is -0.385. The molecule has 0 radical (unpaired) electrons. The lowest BCUT2D eigenvalue weighted by Crippen LogP contribution is -2.41. The molecule has 1 fully saturated rings. The van der Waals surface area contributed by atoms with Crippen molar-refractivity contribution in [3.8, 4) is 40.2 Å². The van der Waals surface area contributed by atoms with Crippen LogP contribution in [0.5, 0.6) is 40.2 Å². The first-order valence-corrected chi connectivity index (χ1v) is 21.2. The number of carbonyl (C=O) groups excluding carboxylic acids is 1. The Labute approximate surface area is 343 Å². The number of methoxy groups -OCH3 is 5. The van der Waals surface area contributed by atoms with Crippen molar-refractivity contribution in [3.63, 3.8) is 0 Å². The van der Waals surface area contributed by atoms with Crippen LogP contribution in [0.1, 0.15) is 80.0 Å². The summed E-state index contributed by atoms with van der Waals surface area (Å²) in [5.41, 5.74) is 2.16. The molecule has 57 heavy (non-hydrogen) atoms. The van der Waals surface area contributed by atoms with Crippen molar-refractivity contribution < 1.29 is 47.7 Å². The molecule has 0 aromatic heterocycles. The summed E-state index contributed by atoms with van der Waals surface area (Å²) in [6, 6.07) is 12.1. The van der Waals surface area contributed by atoms with Crippen LogP contribution >= 0.6 is 23.5 Å². The van der Waals surface area contributed by atoms with Gasteiger partial charge in [0.25, 0.3) is 11.6 Å². The van der Waals surface area contributed by atoms with Crippen LogP contribution in [-0.4, -0.2) is 98.9 Å². The largest absolute Gasteiger partial charge is 0.493 e. The molecular formula is C41H53N3O11S2. The molecule has 1 saturated heterocycles. The number of nitrogens with zero attached hydrogens (tertiary/aromatic N) is 3. The SMILES string of the molecule is CCSC(SCC)[C@@H]1CCCN1C(=O)c1cc(OC)c(OCCCCCOc2cc(C3CC(c4cc(OC)c(OC)c(OC)c4)=NO3)ccc2OC)cc1[N+](=O)[O-]. The number of hydrogen-bond donors (Lipinski definition) is 0. The van der Waals surface area contributed by atoms with Crippen LogP contribution in [0, 0.1) is 10.1 Å². The number of nitro benzene ring substituents is 1. The second kappa shape index (κ2) is 21.2. The third-order valence-electron chi connectivity index (χ3n) is 9.78. The van der Waals surface area contributed by atoms with Crippen molar-refractivity contribution in [2.75, 3.05) is 66.8 Å². The summed E-state index contributed by atoms with van der Waals surface area (Å²) < 4.78 is 40.0. The fraction of sp³-hybridized carbons (Fsp3) is 0.512. The third kappa shape index (κ3) is 10.4. The number of oxime groups is 1. The van der Waals surface area contributed by atoms with E-state index in [1.807, 2.05) is 53.9 Å². The summed E-state index contributed by atoms with van der Waals surface area (Å²) in [6.45, 7) is 5.50. The molecule has 0 aliphatic carbocycles. The highest BCUT2D eigenvalue weighted by Crippen LogP contribution is 2.42. The first-order chi connectivity index (χ1) is 27.7. The molecule has 3 aromatic rings. The van der Waals surface area contributed by atoms with Gasteiger partial charge in [-0.05, 0) is 73.4 Å². The summed E-state index contributed by atoms with van der Waals surface area (Å²) in [6.07, 6.45) is 4.08. The molecule has 14 nitrogen and oxygen atoms in total. The van der Waals surface area contributed by atoms with E-state index in [1.54, 1.807) is 33.3 Å². The van der Waals surface area contributed by atoms with Crippen LogP contribution in [0.15, 0.2) is 47.6 Å². The topological polar surface area (TPSA) is 150 Å². The summed E-state index contributed by atoms with van der Waals surface area (Å²) in [4.78, 5) is 33.2. The second-order valence-electron chi connectivity index (χ2n) is 13.2. The van der Waals surface area contributed by atoms with Crippen molar-refractivity contribution in [1.82, 2.24) is 4.90 Å². The Balaban J connectivity index is 1.15. The molecule has 2 aliphatic heterocycles. The van der Waals surface area contributed by atoms with E-state index in [0.29, 0.717) is 61.3 Å². The smallest absolute Gasteiger partial charge is 0.286 e. The highest BCUT2D eigenvalue weighted by Gasteiger charge is 2.38. The molecule has 1 amide bonds. The summed E-state index contributed by atoms with van der Waals surface area (Å²) >= 11 is 3.64. The van der Waals surface area contributed by atoms with Gasteiger partial charge >= 0.3 is 0 Å². The van der Waals surface area contributed by atoms with E-state index in [0.717, 1.165) is 54.0 Å². The summed E-state index contributed by atoms with van der Waals surface area (Å²) in [5.74, 6) is 4.77. The first kappa shape index (κ1) is 43.4. The number of benzene rings is 3. The van der Waals surface area contributed by atoms with Crippen molar-refractivity contribution in [3.05, 3.63) is 69.3 Å². The molecule has 1 unspecified atom stereocenters. The minimum absolute atomic E-state index is 0.00809. The van der Waals surface area contributed by atoms with Gasteiger partial charge in [0.05, 0.1) is 76.1 Å². The molecule has 2 heterocycles. The number of rotatable bonds is 22. The number of amides is 1.